The molecule has 1 nitrogen and oxygen atoms in total. The second kappa shape index (κ2) is 5.22. The average molecular weight is 264 g/mol. The lowest BCUT2D eigenvalue weighted by Gasteiger charge is -2.05. The van der Waals surface area contributed by atoms with Crippen LogP contribution in [0.5, 0.6) is 0 Å². The second-order valence-electron chi connectivity index (χ2n) is 3.29. The fourth-order valence-corrected chi connectivity index (χ4v) is 2.39. The van der Waals surface area contributed by atoms with E-state index < -0.39 is 5.82 Å². The number of rotatable bonds is 2. The molecule has 0 saturated heterocycles. The summed E-state index contributed by atoms with van der Waals surface area (Å²) in [5.74, 6) is -0.408. The Hall–Kier alpha value is -1.50. The molecule has 0 heterocycles. The molecule has 4 heteroatoms. The van der Waals surface area contributed by atoms with E-state index in [1.54, 1.807) is 18.2 Å². The zero-order valence-corrected chi connectivity index (χ0v) is 10.2. The molecule has 0 N–H and O–H groups in total. The Morgan fingerprint density at radius 2 is 1.88 bits per heavy atom. The lowest BCUT2D eigenvalue weighted by molar-refractivity contribution is 0.601. The van der Waals surface area contributed by atoms with Gasteiger partial charge in [0.2, 0.25) is 0 Å². The number of nitrogens with zero attached hydrogens (tertiary/aromatic N) is 1. The molecule has 0 aliphatic carbocycles. The van der Waals surface area contributed by atoms with Crippen molar-refractivity contribution in [1.82, 2.24) is 0 Å². The fourth-order valence-electron chi connectivity index (χ4n) is 1.30. The molecule has 0 amide bonds. The van der Waals surface area contributed by atoms with E-state index in [0.717, 1.165) is 4.90 Å². The van der Waals surface area contributed by atoms with E-state index in [0.29, 0.717) is 15.5 Å². The van der Waals surface area contributed by atoms with Gasteiger partial charge in [0.25, 0.3) is 0 Å². The first kappa shape index (κ1) is 12.0. The molecular weight excluding hydrogens is 257 g/mol. The van der Waals surface area contributed by atoms with Crippen LogP contribution < -0.4 is 0 Å². The first-order valence-electron chi connectivity index (χ1n) is 4.83. The van der Waals surface area contributed by atoms with Crippen molar-refractivity contribution in [2.45, 2.75) is 9.79 Å². The minimum Gasteiger partial charge on any atom is -0.206 e. The Morgan fingerprint density at radius 1 is 1.12 bits per heavy atom. The minimum absolute atomic E-state index is 0.311. The summed E-state index contributed by atoms with van der Waals surface area (Å²) in [5, 5.41) is 9.23. The maximum Gasteiger partial charge on any atom is 0.138 e. The normalized spacial score (nSPS) is 9.94. The molecule has 0 aliphatic rings. The van der Waals surface area contributed by atoms with Gasteiger partial charge in [0.1, 0.15) is 5.82 Å². The second-order valence-corrected chi connectivity index (χ2v) is 4.78. The summed E-state index contributed by atoms with van der Waals surface area (Å²) in [7, 11) is 0. The third kappa shape index (κ3) is 2.79. The molecule has 2 aromatic carbocycles. The lowest BCUT2D eigenvalue weighted by Crippen LogP contribution is -1.84. The third-order valence-corrected chi connectivity index (χ3v) is 3.69. The van der Waals surface area contributed by atoms with E-state index in [1.165, 1.54) is 17.8 Å². The van der Waals surface area contributed by atoms with Crippen molar-refractivity contribution in [2.24, 2.45) is 0 Å². The molecule has 0 atom stereocenters. The minimum atomic E-state index is -0.408. The largest absolute Gasteiger partial charge is 0.206 e. The number of benzene rings is 2. The molecule has 0 unspecified atom stereocenters. The first-order valence-corrected chi connectivity index (χ1v) is 6.02. The Bertz CT molecular complexity index is 592. The highest BCUT2D eigenvalue weighted by molar-refractivity contribution is 7.99. The third-order valence-electron chi connectivity index (χ3n) is 2.12. The van der Waals surface area contributed by atoms with Gasteiger partial charge in [-0.05, 0) is 30.3 Å². The van der Waals surface area contributed by atoms with E-state index >= 15 is 0 Å². The summed E-state index contributed by atoms with van der Waals surface area (Å²) in [6, 6.07) is 13.5. The van der Waals surface area contributed by atoms with Gasteiger partial charge in [-0.1, -0.05) is 35.5 Å². The van der Waals surface area contributed by atoms with Crippen LogP contribution in [-0.4, -0.2) is 0 Å². The number of nitriles is 1. The molecule has 2 rings (SSSR count). The van der Waals surface area contributed by atoms with Crippen LogP contribution in [0.4, 0.5) is 4.39 Å². The molecule has 0 fully saturated rings. The topological polar surface area (TPSA) is 23.8 Å². The van der Waals surface area contributed by atoms with E-state index in [4.69, 9.17) is 16.9 Å². The van der Waals surface area contributed by atoms with Crippen molar-refractivity contribution in [1.29, 1.82) is 5.26 Å². The monoisotopic (exact) mass is 263 g/mol. The van der Waals surface area contributed by atoms with Gasteiger partial charge in [0.05, 0.1) is 16.7 Å². The Balaban J connectivity index is 2.32. The standard InChI is InChI=1S/C13H7ClFNS/c14-10-3-1-2-4-12(10)17-13-6-5-9(8-16)7-11(13)15/h1-7H. The number of hydrogen-bond donors (Lipinski definition) is 0. The lowest BCUT2D eigenvalue weighted by atomic mass is 10.2. The van der Waals surface area contributed by atoms with E-state index in [-0.39, 0.29) is 0 Å². The van der Waals surface area contributed by atoms with Gasteiger partial charge >= 0.3 is 0 Å². The van der Waals surface area contributed by atoms with E-state index in [9.17, 15) is 4.39 Å². The van der Waals surface area contributed by atoms with Crippen LogP contribution in [0.3, 0.4) is 0 Å². The van der Waals surface area contributed by atoms with Crippen molar-refractivity contribution in [3.05, 3.63) is 58.9 Å². The summed E-state index contributed by atoms with van der Waals surface area (Å²) in [5.41, 5.74) is 0.311. The average Bonchev–Trinajstić information content (AvgIpc) is 2.34. The molecule has 0 bridgehead atoms. The molecule has 17 heavy (non-hydrogen) atoms. The van der Waals surface area contributed by atoms with Gasteiger partial charge in [-0.3, -0.25) is 0 Å². The molecule has 84 valence electrons. The van der Waals surface area contributed by atoms with Crippen LogP contribution in [0, 0.1) is 17.1 Å². The predicted molar refractivity (Wildman–Crippen MR) is 66.7 cm³/mol. The van der Waals surface area contributed by atoms with Crippen LogP contribution in [0.15, 0.2) is 52.3 Å². The Morgan fingerprint density at radius 3 is 2.53 bits per heavy atom. The molecule has 0 aromatic heterocycles. The van der Waals surface area contributed by atoms with Crippen LogP contribution in [0.25, 0.3) is 0 Å². The highest BCUT2D eigenvalue weighted by Crippen LogP contribution is 2.34. The summed E-state index contributed by atoms with van der Waals surface area (Å²) in [4.78, 5) is 1.25. The number of halogens is 2. The predicted octanol–water partition coefficient (Wildman–Crippen LogP) is 4.50. The van der Waals surface area contributed by atoms with Crippen LogP contribution in [0.2, 0.25) is 5.02 Å². The zero-order valence-electron chi connectivity index (χ0n) is 8.65. The highest BCUT2D eigenvalue weighted by Gasteiger charge is 2.07. The first-order chi connectivity index (χ1) is 8.20. The van der Waals surface area contributed by atoms with Crippen LogP contribution in [0.1, 0.15) is 5.56 Å². The molecular formula is C13H7ClFNS. The zero-order chi connectivity index (χ0) is 12.3. The molecule has 0 spiro atoms. The quantitative estimate of drug-likeness (QED) is 0.796. The summed E-state index contributed by atoms with van der Waals surface area (Å²) < 4.78 is 13.6. The SMILES string of the molecule is N#Cc1ccc(Sc2ccccc2Cl)c(F)c1. The Labute approximate surface area is 108 Å². The van der Waals surface area contributed by atoms with Gasteiger partial charge in [0, 0.05) is 9.79 Å². The summed E-state index contributed by atoms with van der Waals surface area (Å²) >= 11 is 7.23. The maximum atomic E-state index is 13.6. The molecule has 2 aromatic rings. The van der Waals surface area contributed by atoms with E-state index in [1.807, 2.05) is 24.3 Å². The summed E-state index contributed by atoms with van der Waals surface area (Å²) in [6.45, 7) is 0. The Kier molecular flexibility index (Phi) is 3.68. The molecule has 0 aliphatic heterocycles. The van der Waals surface area contributed by atoms with Crippen molar-refractivity contribution in [2.75, 3.05) is 0 Å². The molecule has 0 saturated carbocycles. The van der Waals surface area contributed by atoms with E-state index in [2.05, 4.69) is 0 Å². The maximum absolute atomic E-state index is 13.6. The van der Waals surface area contributed by atoms with Crippen molar-refractivity contribution < 1.29 is 4.39 Å². The molecule has 0 radical (unpaired) electrons. The van der Waals surface area contributed by atoms with Gasteiger partial charge in [-0.25, -0.2) is 4.39 Å². The van der Waals surface area contributed by atoms with Crippen LogP contribution in [-0.2, 0) is 0 Å². The van der Waals surface area contributed by atoms with Crippen LogP contribution >= 0.6 is 23.4 Å². The van der Waals surface area contributed by atoms with Crippen molar-refractivity contribution >= 4 is 23.4 Å². The number of hydrogen-bond acceptors (Lipinski definition) is 2. The van der Waals surface area contributed by atoms with Crippen molar-refractivity contribution in [3.8, 4) is 6.07 Å². The van der Waals surface area contributed by atoms with Gasteiger partial charge < -0.3 is 0 Å². The van der Waals surface area contributed by atoms with Gasteiger partial charge in [-0.2, -0.15) is 5.26 Å². The van der Waals surface area contributed by atoms with Gasteiger partial charge in [-0.15, -0.1) is 0 Å². The fraction of sp³-hybridized carbons (Fsp3) is 0. The van der Waals surface area contributed by atoms with Gasteiger partial charge in [0.15, 0.2) is 0 Å². The van der Waals surface area contributed by atoms with Crippen molar-refractivity contribution in [3.63, 3.8) is 0 Å². The highest BCUT2D eigenvalue weighted by atomic mass is 35.5. The smallest absolute Gasteiger partial charge is 0.138 e. The summed E-state index contributed by atoms with van der Waals surface area (Å²) in [6.07, 6.45) is 0.